The number of nitrogens with two attached hydrogens (primary N) is 1. The average Bonchev–Trinajstić information content (AvgIpc) is 3.11. The second kappa shape index (κ2) is 6.02. The van der Waals surface area contributed by atoms with Crippen molar-refractivity contribution >= 4 is 5.97 Å². The van der Waals surface area contributed by atoms with Crippen LogP contribution in [0.25, 0.3) is 0 Å². The van der Waals surface area contributed by atoms with Crippen LogP contribution in [0, 0.1) is 11.8 Å². The van der Waals surface area contributed by atoms with Crippen molar-refractivity contribution in [1.29, 1.82) is 0 Å². The van der Waals surface area contributed by atoms with Crippen LogP contribution in [0.2, 0.25) is 0 Å². The summed E-state index contributed by atoms with van der Waals surface area (Å²) in [5, 5.41) is 0. The van der Waals surface area contributed by atoms with Gasteiger partial charge in [-0.25, -0.2) is 4.79 Å². The van der Waals surface area contributed by atoms with Gasteiger partial charge in [0.05, 0.1) is 6.61 Å². The van der Waals surface area contributed by atoms with Crippen LogP contribution < -0.4 is 5.73 Å². The molecule has 0 heterocycles. The van der Waals surface area contributed by atoms with Gasteiger partial charge in [0, 0.05) is 12.6 Å². The highest BCUT2D eigenvalue weighted by molar-refractivity contribution is 5.82. The zero-order valence-electron chi connectivity index (χ0n) is 12.4. The third-order valence-electron chi connectivity index (χ3n) is 4.13. The van der Waals surface area contributed by atoms with E-state index in [1.54, 1.807) is 0 Å². The van der Waals surface area contributed by atoms with Crippen molar-refractivity contribution in [1.82, 2.24) is 4.90 Å². The topological polar surface area (TPSA) is 55.6 Å². The predicted molar refractivity (Wildman–Crippen MR) is 73.2 cm³/mol. The van der Waals surface area contributed by atoms with E-state index in [9.17, 15) is 4.79 Å². The summed E-state index contributed by atoms with van der Waals surface area (Å²) in [7, 11) is 2.04. The molecule has 18 heavy (non-hydrogen) atoms. The highest BCUT2D eigenvalue weighted by atomic mass is 16.5. The van der Waals surface area contributed by atoms with Gasteiger partial charge in [0.2, 0.25) is 0 Å². The molecule has 0 aromatic rings. The molecule has 2 unspecified atom stereocenters. The average molecular weight is 256 g/mol. The van der Waals surface area contributed by atoms with Gasteiger partial charge in [-0.15, -0.1) is 0 Å². The number of hydrogen-bond acceptors (Lipinski definition) is 4. The monoisotopic (exact) mass is 256 g/mol. The molecule has 1 aliphatic rings. The number of carbonyl (C=O) groups is 1. The minimum Gasteiger partial charge on any atom is -0.465 e. The van der Waals surface area contributed by atoms with Crippen LogP contribution in [0.5, 0.6) is 0 Å². The normalized spacial score (nSPS) is 20.9. The maximum Gasteiger partial charge on any atom is 0.327 e. The van der Waals surface area contributed by atoms with Gasteiger partial charge >= 0.3 is 5.97 Å². The van der Waals surface area contributed by atoms with E-state index in [4.69, 9.17) is 10.5 Å². The zero-order chi connectivity index (χ0) is 13.9. The lowest BCUT2D eigenvalue weighted by Crippen LogP contribution is -2.59. The molecule has 4 nitrogen and oxygen atoms in total. The number of rotatable bonds is 7. The molecule has 2 N–H and O–H groups in total. The Morgan fingerprint density at radius 1 is 1.44 bits per heavy atom. The Morgan fingerprint density at radius 2 is 2.00 bits per heavy atom. The lowest BCUT2D eigenvalue weighted by atomic mass is 9.92. The van der Waals surface area contributed by atoms with E-state index in [1.165, 1.54) is 0 Å². The van der Waals surface area contributed by atoms with E-state index in [1.807, 2.05) is 14.0 Å². The van der Waals surface area contributed by atoms with E-state index < -0.39 is 5.54 Å². The Labute approximate surface area is 111 Å². The number of carbonyl (C=O) groups excluding carboxylic acids is 1. The van der Waals surface area contributed by atoms with Crippen LogP contribution in [0.1, 0.15) is 40.5 Å². The van der Waals surface area contributed by atoms with Crippen molar-refractivity contribution in [3.63, 3.8) is 0 Å². The smallest absolute Gasteiger partial charge is 0.327 e. The Hall–Kier alpha value is -0.610. The van der Waals surface area contributed by atoms with Gasteiger partial charge in [0.1, 0.15) is 5.54 Å². The maximum absolute atomic E-state index is 12.1. The molecule has 1 saturated carbocycles. The molecule has 0 bridgehead atoms. The van der Waals surface area contributed by atoms with Crippen molar-refractivity contribution in [3.8, 4) is 0 Å². The first-order valence-electron chi connectivity index (χ1n) is 6.99. The molecular weight excluding hydrogens is 228 g/mol. The minimum atomic E-state index is -0.825. The summed E-state index contributed by atoms with van der Waals surface area (Å²) in [5.74, 6) is 0.592. The fourth-order valence-electron chi connectivity index (χ4n) is 2.29. The number of nitrogens with zero attached hydrogens (tertiary/aromatic N) is 1. The maximum atomic E-state index is 12.1. The second-order valence-corrected chi connectivity index (χ2v) is 5.93. The van der Waals surface area contributed by atoms with Crippen molar-refractivity contribution in [3.05, 3.63) is 0 Å². The molecular formula is C14H28N2O2. The van der Waals surface area contributed by atoms with Crippen LogP contribution in [-0.4, -0.2) is 42.6 Å². The molecule has 106 valence electrons. The summed E-state index contributed by atoms with van der Waals surface area (Å²) < 4.78 is 5.16. The number of hydrogen-bond donors (Lipinski definition) is 1. The Balaban J connectivity index is 2.70. The quantitative estimate of drug-likeness (QED) is 0.703. The Kier molecular flexibility index (Phi) is 5.17. The van der Waals surface area contributed by atoms with E-state index >= 15 is 0 Å². The lowest BCUT2D eigenvalue weighted by molar-refractivity contribution is -0.151. The molecule has 0 aromatic carbocycles. The van der Waals surface area contributed by atoms with Crippen molar-refractivity contribution in [2.45, 2.75) is 52.1 Å². The summed E-state index contributed by atoms with van der Waals surface area (Å²) in [5.41, 5.74) is 5.53. The molecule has 1 rings (SSSR count). The van der Waals surface area contributed by atoms with Gasteiger partial charge in [0.15, 0.2) is 0 Å². The van der Waals surface area contributed by atoms with E-state index in [0.29, 0.717) is 31.0 Å². The first-order valence-corrected chi connectivity index (χ1v) is 6.99. The second-order valence-electron chi connectivity index (χ2n) is 5.93. The van der Waals surface area contributed by atoms with E-state index in [-0.39, 0.29) is 5.97 Å². The molecule has 4 heteroatoms. The predicted octanol–water partition coefficient (Wildman–Crippen LogP) is 1.63. The third kappa shape index (κ3) is 3.45. The molecule has 0 radical (unpaired) electrons. The van der Waals surface area contributed by atoms with E-state index in [2.05, 4.69) is 25.7 Å². The van der Waals surface area contributed by atoms with Gasteiger partial charge in [-0.05, 0) is 45.6 Å². The first-order chi connectivity index (χ1) is 8.32. The lowest BCUT2D eigenvalue weighted by Gasteiger charge is -2.36. The Morgan fingerprint density at radius 3 is 2.39 bits per heavy atom. The van der Waals surface area contributed by atoms with Crippen LogP contribution in [-0.2, 0) is 9.53 Å². The Bertz CT molecular complexity index is 290. The molecule has 0 amide bonds. The SMILES string of the molecule is CCOC(=O)C(N)(CN(C)C(C)C(C)C)C1CC1. The van der Waals surface area contributed by atoms with Crippen LogP contribution in [0.3, 0.4) is 0 Å². The van der Waals surface area contributed by atoms with Crippen LogP contribution in [0.15, 0.2) is 0 Å². The summed E-state index contributed by atoms with van der Waals surface area (Å²) in [6.45, 7) is 9.33. The van der Waals surface area contributed by atoms with Crippen molar-refractivity contribution in [2.24, 2.45) is 17.6 Å². The molecule has 1 aliphatic carbocycles. The summed E-state index contributed by atoms with van der Waals surface area (Å²) >= 11 is 0. The third-order valence-corrected chi connectivity index (χ3v) is 4.13. The fourth-order valence-corrected chi connectivity index (χ4v) is 2.29. The van der Waals surface area contributed by atoms with Gasteiger partial charge in [-0.1, -0.05) is 13.8 Å². The summed E-state index contributed by atoms with van der Waals surface area (Å²) in [4.78, 5) is 14.3. The molecule has 0 aliphatic heterocycles. The summed E-state index contributed by atoms with van der Waals surface area (Å²) in [6, 6.07) is 0.404. The number of esters is 1. The first kappa shape index (κ1) is 15.4. The van der Waals surface area contributed by atoms with Crippen LogP contribution >= 0.6 is 0 Å². The highest BCUT2D eigenvalue weighted by Crippen LogP contribution is 2.39. The molecule has 0 saturated heterocycles. The fraction of sp³-hybridized carbons (Fsp3) is 0.929. The molecule has 2 atom stereocenters. The highest BCUT2D eigenvalue weighted by Gasteiger charge is 2.50. The summed E-state index contributed by atoms with van der Waals surface area (Å²) in [6.07, 6.45) is 2.08. The molecule has 0 aromatic heterocycles. The number of likely N-dealkylation sites (N-methyl/N-ethyl adjacent to an activating group) is 1. The van der Waals surface area contributed by atoms with Crippen molar-refractivity contribution in [2.75, 3.05) is 20.2 Å². The zero-order valence-corrected chi connectivity index (χ0v) is 12.4. The van der Waals surface area contributed by atoms with Gasteiger partial charge < -0.3 is 15.4 Å². The largest absolute Gasteiger partial charge is 0.465 e. The molecule has 1 fully saturated rings. The standard InChI is InChI=1S/C14H28N2O2/c1-6-18-13(17)14(15,12-7-8-12)9-16(5)11(4)10(2)3/h10-12H,6-9,15H2,1-5H3. The minimum absolute atomic E-state index is 0.240. The van der Waals surface area contributed by atoms with Crippen molar-refractivity contribution < 1.29 is 9.53 Å². The molecule has 0 spiro atoms. The van der Waals surface area contributed by atoms with Crippen LogP contribution in [0.4, 0.5) is 0 Å². The van der Waals surface area contributed by atoms with E-state index in [0.717, 1.165) is 12.8 Å². The van der Waals surface area contributed by atoms with Gasteiger partial charge in [-0.3, -0.25) is 0 Å². The van der Waals surface area contributed by atoms with Gasteiger partial charge in [0.25, 0.3) is 0 Å². The van der Waals surface area contributed by atoms with Gasteiger partial charge in [-0.2, -0.15) is 0 Å². The number of ether oxygens (including phenoxy) is 1.